The van der Waals surface area contributed by atoms with Crippen molar-refractivity contribution < 1.29 is 22.7 Å². The molecule has 1 aliphatic carbocycles. The fraction of sp³-hybridized carbons (Fsp3) is 0.350. The molecule has 1 saturated carbocycles. The Balaban J connectivity index is 1.59. The van der Waals surface area contributed by atoms with E-state index in [2.05, 4.69) is 10.0 Å². The Morgan fingerprint density at radius 3 is 2.62 bits per heavy atom. The van der Waals surface area contributed by atoms with Gasteiger partial charge in [-0.2, -0.15) is 0 Å². The zero-order valence-electron chi connectivity index (χ0n) is 16.0. The van der Waals surface area contributed by atoms with Gasteiger partial charge in [-0.05, 0) is 43.2 Å². The highest BCUT2D eigenvalue weighted by Crippen LogP contribution is 2.28. The van der Waals surface area contributed by atoms with Crippen molar-refractivity contribution >= 4 is 33.2 Å². The van der Waals surface area contributed by atoms with Gasteiger partial charge in [0.1, 0.15) is 11.5 Å². The lowest BCUT2D eigenvalue weighted by Crippen LogP contribution is -2.32. The van der Waals surface area contributed by atoms with E-state index in [9.17, 15) is 13.2 Å². The molecule has 0 aliphatic heterocycles. The molecule has 7 nitrogen and oxygen atoms in total. The van der Waals surface area contributed by atoms with Gasteiger partial charge in [0.05, 0.1) is 17.0 Å². The summed E-state index contributed by atoms with van der Waals surface area (Å²) in [6.45, 7) is -0.274. The van der Waals surface area contributed by atoms with Gasteiger partial charge >= 0.3 is 0 Å². The molecule has 1 fully saturated rings. The lowest BCUT2D eigenvalue weighted by molar-refractivity contribution is -0.118. The summed E-state index contributed by atoms with van der Waals surface area (Å²) in [5.41, 5.74) is 0.573. The second-order valence-electron chi connectivity index (χ2n) is 6.76. The number of ether oxygens (including phenoxy) is 2. The molecule has 1 amide bonds. The van der Waals surface area contributed by atoms with Crippen LogP contribution in [0, 0.1) is 0 Å². The van der Waals surface area contributed by atoms with E-state index < -0.39 is 10.0 Å². The molecular formula is C20H23ClN2O5S. The topological polar surface area (TPSA) is 93.7 Å². The summed E-state index contributed by atoms with van der Waals surface area (Å²) in [5, 5.41) is 2.81. The number of carbonyl (C=O) groups excluding carboxylic acids is 1. The number of hydrogen-bond donors (Lipinski definition) is 2. The Morgan fingerprint density at radius 1 is 1.17 bits per heavy atom. The molecule has 0 radical (unpaired) electrons. The molecule has 156 valence electrons. The van der Waals surface area contributed by atoms with Crippen LogP contribution in [0.3, 0.4) is 0 Å². The van der Waals surface area contributed by atoms with E-state index in [1.54, 1.807) is 31.4 Å². The maximum atomic E-state index is 12.5. The van der Waals surface area contributed by atoms with Crippen molar-refractivity contribution in [2.75, 3.05) is 19.0 Å². The first-order chi connectivity index (χ1) is 13.9. The van der Waals surface area contributed by atoms with E-state index >= 15 is 0 Å². The first kappa shape index (κ1) is 21.4. The summed E-state index contributed by atoms with van der Waals surface area (Å²) in [5.74, 6) is 0.468. The zero-order valence-corrected chi connectivity index (χ0v) is 17.6. The molecule has 0 spiro atoms. The van der Waals surface area contributed by atoms with Crippen LogP contribution < -0.4 is 19.5 Å². The van der Waals surface area contributed by atoms with Crippen molar-refractivity contribution in [1.29, 1.82) is 0 Å². The van der Waals surface area contributed by atoms with Crippen molar-refractivity contribution in [2.24, 2.45) is 0 Å². The number of nitrogens with one attached hydrogen (secondary N) is 2. The van der Waals surface area contributed by atoms with E-state index in [-0.39, 0.29) is 34.2 Å². The molecule has 0 saturated heterocycles. The van der Waals surface area contributed by atoms with Gasteiger partial charge in [-0.1, -0.05) is 30.5 Å². The third-order valence-electron chi connectivity index (χ3n) is 4.60. The summed E-state index contributed by atoms with van der Waals surface area (Å²) in [6, 6.07) is 11.1. The number of sulfonamides is 1. The molecule has 0 unspecified atom stereocenters. The molecule has 9 heteroatoms. The fourth-order valence-corrected chi connectivity index (χ4v) is 4.77. The maximum absolute atomic E-state index is 12.5. The van der Waals surface area contributed by atoms with E-state index in [1.165, 1.54) is 18.2 Å². The molecule has 0 bridgehead atoms. The van der Waals surface area contributed by atoms with Gasteiger partial charge in [-0.3, -0.25) is 4.79 Å². The number of hydrogen-bond acceptors (Lipinski definition) is 5. The number of amides is 1. The minimum atomic E-state index is -3.64. The fourth-order valence-electron chi connectivity index (χ4n) is 3.14. The number of methoxy groups -OCH3 is 1. The number of benzene rings is 2. The highest BCUT2D eigenvalue weighted by molar-refractivity contribution is 7.89. The van der Waals surface area contributed by atoms with Crippen LogP contribution in [0.4, 0.5) is 5.69 Å². The van der Waals surface area contributed by atoms with Crippen molar-refractivity contribution in [3.8, 4) is 11.5 Å². The third kappa shape index (κ3) is 5.85. The highest BCUT2D eigenvalue weighted by Gasteiger charge is 2.23. The Bertz CT molecular complexity index is 975. The van der Waals surface area contributed by atoms with Crippen LogP contribution in [0.25, 0.3) is 0 Å². The van der Waals surface area contributed by atoms with Gasteiger partial charge in [0.15, 0.2) is 6.61 Å². The van der Waals surface area contributed by atoms with E-state index in [0.29, 0.717) is 11.4 Å². The van der Waals surface area contributed by atoms with Crippen LogP contribution in [-0.2, 0) is 14.8 Å². The second-order valence-corrected chi connectivity index (χ2v) is 8.88. The monoisotopic (exact) mass is 438 g/mol. The number of halogens is 1. The van der Waals surface area contributed by atoms with E-state index in [1.807, 2.05) is 0 Å². The van der Waals surface area contributed by atoms with Crippen LogP contribution in [0.5, 0.6) is 11.5 Å². The van der Waals surface area contributed by atoms with Crippen molar-refractivity contribution in [1.82, 2.24) is 4.72 Å². The Morgan fingerprint density at radius 2 is 1.93 bits per heavy atom. The summed E-state index contributed by atoms with van der Waals surface area (Å²) in [4.78, 5) is 12.2. The smallest absolute Gasteiger partial charge is 0.262 e. The molecule has 2 aromatic rings. The Hall–Kier alpha value is -2.29. The van der Waals surface area contributed by atoms with Crippen LogP contribution in [0.1, 0.15) is 25.7 Å². The van der Waals surface area contributed by atoms with Gasteiger partial charge in [0.25, 0.3) is 5.91 Å². The average molecular weight is 439 g/mol. The normalized spacial score (nSPS) is 14.6. The average Bonchev–Trinajstić information content (AvgIpc) is 3.19. The van der Waals surface area contributed by atoms with Crippen molar-refractivity contribution in [3.05, 3.63) is 47.5 Å². The van der Waals surface area contributed by atoms with Crippen LogP contribution in [0.2, 0.25) is 5.02 Å². The molecule has 3 rings (SSSR count). The van der Waals surface area contributed by atoms with Crippen molar-refractivity contribution in [2.45, 2.75) is 36.6 Å². The quantitative estimate of drug-likeness (QED) is 0.656. The van der Waals surface area contributed by atoms with Crippen LogP contribution in [-0.4, -0.2) is 34.1 Å². The summed E-state index contributed by atoms with van der Waals surface area (Å²) >= 11 is 6.17. The standard InChI is InChI=1S/C20H23ClN2O5S/c1-27-16-8-4-7-15(11-16)22-20(24)13-28-19-10-9-17(12-18(19)21)29(25,26)23-14-5-2-3-6-14/h4,7-12,14,23H,2-3,5-6,13H2,1H3,(H,22,24). The largest absolute Gasteiger partial charge is 0.497 e. The molecular weight excluding hydrogens is 416 g/mol. The van der Waals surface area contributed by atoms with E-state index in [0.717, 1.165) is 25.7 Å². The summed E-state index contributed by atoms with van der Waals surface area (Å²) in [6.07, 6.45) is 3.74. The summed E-state index contributed by atoms with van der Waals surface area (Å²) in [7, 11) is -2.10. The predicted octanol–water partition coefficient (Wildman–Crippen LogP) is 3.59. The summed E-state index contributed by atoms with van der Waals surface area (Å²) < 4.78 is 38.2. The van der Waals surface area contributed by atoms with Gasteiger partial charge in [0.2, 0.25) is 10.0 Å². The molecule has 29 heavy (non-hydrogen) atoms. The Labute approximate surface area is 175 Å². The molecule has 0 heterocycles. The minimum absolute atomic E-state index is 0.0324. The SMILES string of the molecule is COc1cccc(NC(=O)COc2ccc(S(=O)(=O)NC3CCCC3)cc2Cl)c1. The molecule has 2 aromatic carbocycles. The predicted molar refractivity (Wildman–Crippen MR) is 111 cm³/mol. The van der Waals surface area contributed by atoms with Gasteiger partial charge in [-0.25, -0.2) is 13.1 Å². The third-order valence-corrected chi connectivity index (χ3v) is 6.42. The van der Waals surface area contributed by atoms with Crippen LogP contribution >= 0.6 is 11.6 Å². The molecule has 0 atom stereocenters. The van der Waals surface area contributed by atoms with Crippen molar-refractivity contribution in [3.63, 3.8) is 0 Å². The van der Waals surface area contributed by atoms with Gasteiger partial charge in [0, 0.05) is 17.8 Å². The van der Waals surface area contributed by atoms with Gasteiger partial charge in [-0.15, -0.1) is 0 Å². The number of rotatable bonds is 8. The molecule has 2 N–H and O–H groups in total. The molecule has 1 aliphatic rings. The number of anilines is 1. The number of carbonyl (C=O) groups is 1. The Kier molecular flexibility index (Phi) is 7.00. The zero-order chi connectivity index (χ0) is 20.9. The second kappa shape index (κ2) is 9.47. The maximum Gasteiger partial charge on any atom is 0.262 e. The first-order valence-corrected chi connectivity index (χ1v) is 11.1. The minimum Gasteiger partial charge on any atom is -0.497 e. The molecule has 0 aromatic heterocycles. The first-order valence-electron chi connectivity index (χ1n) is 9.26. The highest BCUT2D eigenvalue weighted by atomic mass is 35.5. The lowest BCUT2D eigenvalue weighted by atomic mass is 10.3. The van der Waals surface area contributed by atoms with E-state index in [4.69, 9.17) is 21.1 Å². The van der Waals surface area contributed by atoms with Crippen LogP contribution in [0.15, 0.2) is 47.4 Å². The van der Waals surface area contributed by atoms with Gasteiger partial charge < -0.3 is 14.8 Å². The lowest BCUT2D eigenvalue weighted by Gasteiger charge is -2.14.